The molecule has 9 heteroatoms. The SMILES string of the molecule is Cc1cc(C)c(-[n+]2cc(-c3ccc4c(c3)c[n+](C)n4-c3cc(C(F)(F)F)cc(-[n+]4ccccc4C)c3C)ccc2C)c(C)c1-n1ncc2ccccc21. The highest BCUT2D eigenvalue weighted by atomic mass is 19.4. The number of rotatable bonds is 5. The van der Waals surface area contributed by atoms with Crippen molar-refractivity contribution in [2.24, 2.45) is 7.05 Å². The van der Waals surface area contributed by atoms with Gasteiger partial charge in [-0.3, -0.25) is 0 Å². The molecule has 0 unspecified atom stereocenters. The first-order valence-electron chi connectivity index (χ1n) is 17.6. The van der Waals surface area contributed by atoms with Gasteiger partial charge in [0.15, 0.2) is 30.8 Å². The summed E-state index contributed by atoms with van der Waals surface area (Å²) in [5, 5.41) is 6.79. The molecule has 0 aliphatic heterocycles. The van der Waals surface area contributed by atoms with Crippen molar-refractivity contribution >= 4 is 21.8 Å². The highest BCUT2D eigenvalue weighted by Crippen LogP contribution is 2.35. The fourth-order valence-electron chi connectivity index (χ4n) is 7.87. The van der Waals surface area contributed by atoms with Gasteiger partial charge >= 0.3 is 6.18 Å². The lowest BCUT2D eigenvalue weighted by molar-refractivity contribution is -0.742. The van der Waals surface area contributed by atoms with Gasteiger partial charge in [0.1, 0.15) is 11.2 Å². The molecule has 0 saturated carbocycles. The van der Waals surface area contributed by atoms with E-state index in [-0.39, 0.29) is 0 Å². The Morgan fingerprint density at radius 1 is 0.642 bits per heavy atom. The molecule has 0 bridgehead atoms. The molecule has 0 atom stereocenters. The monoisotopic (exact) mass is 709 g/mol. The van der Waals surface area contributed by atoms with Crippen LogP contribution in [0, 0.1) is 41.5 Å². The minimum absolute atomic E-state index is 0.468. The Balaban J connectivity index is 1.25. The van der Waals surface area contributed by atoms with Crippen molar-refractivity contribution in [3.63, 3.8) is 0 Å². The van der Waals surface area contributed by atoms with E-state index >= 15 is 0 Å². The quantitative estimate of drug-likeness (QED) is 0.165. The van der Waals surface area contributed by atoms with Crippen LogP contribution in [0.15, 0.2) is 116 Å². The van der Waals surface area contributed by atoms with Gasteiger partial charge in [-0.25, -0.2) is 4.68 Å². The third-order valence-electron chi connectivity index (χ3n) is 10.4. The lowest BCUT2D eigenvalue weighted by Crippen LogP contribution is -2.39. The highest BCUT2D eigenvalue weighted by Gasteiger charge is 2.35. The van der Waals surface area contributed by atoms with Crippen molar-refractivity contribution < 1.29 is 27.0 Å². The zero-order valence-electron chi connectivity index (χ0n) is 30.8. The van der Waals surface area contributed by atoms with Gasteiger partial charge in [-0.05, 0) is 75.2 Å². The molecule has 53 heavy (non-hydrogen) atoms. The van der Waals surface area contributed by atoms with Gasteiger partial charge in [0.25, 0.3) is 0 Å². The van der Waals surface area contributed by atoms with E-state index in [1.807, 2.05) is 94.4 Å². The Labute approximate surface area is 306 Å². The van der Waals surface area contributed by atoms with E-state index in [4.69, 9.17) is 5.10 Å². The Hall–Kier alpha value is -6.09. The van der Waals surface area contributed by atoms with Crippen LogP contribution in [-0.4, -0.2) is 14.5 Å². The number of para-hydroxylation sites is 1. The predicted octanol–water partition coefficient (Wildman–Crippen LogP) is 8.88. The fourth-order valence-corrected chi connectivity index (χ4v) is 7.87. The summed E-state index contributed by atoms with van der Waals surface area (Å²) in [6.45, 7) is 12.3. The van der Waals surface area contributed by atoms with Crippen LogP contribution >= 0.6 is 0 Å². The normalized spacial score (nSPS) is 12.0. The van der Waals surface area contributed by atoms with Crippen LogP contribution in [0.2, 0.25) is 0 Å². The Kier molecular flexibility index (Phi) is 8.05. The second kappa shape index (κ2) is 12.5. The number of benzene rings is 4. The molecule has 0 fully saturated rings. The van der Waals surface area contributed by atoms with Crippen LogP contribution in [0.5, 0.6) is 0 Å². The molecule has 264 valence electrons. The maximum Gasteiger partial charge on any atom is 0.416 e. The lowest BCUT2D eigenvalue weighted by atomic mass is 10.00. The van der Waals surface area contributed by atoms with Crippen LogP contribution in [0.4, 0.5) is 13.2 Å². The van der Waals surface area contributed by atoms with Crippen molar-refractivity contribution in [2.45, 2.75) is 47.7 Å². The van der Waals surface area contributed by atoms with Gasteiger partial charge in [0, 0.05) is 60.2 Å². The number of aryl methyl sites for hydroxylation is 5. The molecule has 0 amide bonds. The maximum atomic E-state index is 14.4. The molecule has 0 spiro atoms. The van der Waals surface area contributed by atoms with Crippen LogP contribution in [0.3, 0.4) is 0 Å². The molecule has 4 heterocycles. The second-order valence-electron chi connectivity index (χ2n) is 14.0. The number of hydrogen-bond donors (Lipinski definition) is 0. The largest absolute Gasteiger partial charge is 0.416 e. The van der Waals surface area contributed by atoms with Crippen molar-refractivity contribution in [3.8, 4) is 33.9 Å². The van der Waals surface area contributed by atoms with Crippen molar-refractivity contribution in [2.75, 3.05) is 0 Å². The molecule has 8 aromatic rings. The number of fused-ring (bicyclic) bond motifs is 2. The van der Waals surface area contributed by atoms with Crippen LogP contribution < -0.4 is 13.8 Å². The summed E-state index contributed by atoms with van der Waals surface area (Å²) < 4.78 is 52.9. The van der Waals surface area contributed by atoms with Crippen molar-refractivity contribution in [1.82, 2.24) is 14.5 Å². The number of pyridine rings is 2. The van der Waals surface area contributed by atoms with E-state index in [0.29, 0.717) is 11.4 Å². The van der Waals surface area contributed by atoms with E-state index in [2.05, 4.69) is 74.9 Å². The zero-order valence-corrected chi connectivity index (χ0v) is 30.8. The van der Waals surface area contributed by atoms with Gasteiger partial charge in [0.05, 0.1) is 33.9 Å². The van der Waals surface area contributed by atoms with Gasteiger partial charge < -0.3 is 0 Å². The van der Waals surface area contributed by atoms with Crippen molar-refractivity contribution in [1.29, 1.82) is 0 Å². The average molecular weight is 710 g/mol. The Morgan fingerprint density at radius 2 is 1.38 bits per heavy atom. The smallest absolute Gasteiger partial charge is 0.232 e. The molecule has 0 aliphatic carbocycles. The average Bonchev–Trinajstić information content (AvgIpc) is 3.68. The number of halogens is 3. The van der Waals surface area contributed by atoms with E-state index in [0.717, 1.165) is 77.9 Å². The van der Waals surface area contributed by atoms with Crippen LogP contribution in [0.1, 0.15) is 39.2 Å². The first kappa shape index (κ1) is 34.0. The summed E-state index contributed by atoms with van der Waals surface area (Å²) >= 11 is 0. The standard InChI is InChI=1S/C44H40F3N6/c1-27-20-28(2)43(52-38-14-9-8-13-34(38)24-48-52)32(6)42(27)51-26-35(16-15-30(51)4)33-17-18-39-36(21-33)25-49(7)53(39)41-23-37(44(45,46)47)22-40(31(41)5)50-19-11-10-12-29(50)3/h8-26H,1-7H3/q+3. The van der Waals surface area contributed by atoms with Gasteiger partial charge in [0.2, 0.25) is 17.6 Å². The van der Waals surface area contributed by atoms with Gasteiger partial charge in [-0.2, -0.15) is 27.4 Å². The predicted molar refractivity (Wildman–Crippen MR) is 201 cm³/mol. The van der Waals surface area contributed by atoms with Gasteiger partial charge in [-0.15, -0.1) is 9.36 Å². The summed E-state index contributed by atoms with van der Waals surface area (Å²) in [5.41, 5.74) is 12.4. The van der Waals surface area contributed by atoms with E-state index in [9.17, 15) is 13.2 Å². The minimum Gasteiger partial charge on any atom is -0.232 e. The Bertz CT molecular complexity index is 2750. The molecule has 8 rings (SSSR count). The molecule has 0 saturated heterocycles. The first-order valence-corrected chi connectivity index (χ1v) is 17.6. The topological polar surface area (TPSA) is 34.4 Å². The third-order valence-corrected chi connectivity index (χ3v) is 10.4. The van der Waals surface area contributed by atoms with E-state index in [1.165, 1.54) is 12.1 Å². The molecule has 6 nitrogen and oxygen atoms in total. The Morgan fingerprint density at radius 3 is 2.15 bits per heavy atom. The lowest BCUT2D eigenvalue weighted by Gasteiger charge is -2.16. The molecule has 4 aromatic carbocycles. The molecule has 0 aliphatic rings. The van der Waals surface area contributed by atoms with Crippen molar-refractivity contribution in [3.05, 3.63) is 155 Å². The fraction of sp³-hybridized carbons (Fsp3) is 0.182. The minimum atomic E-state index is -4.52. The second-order valence-corrected chi connectivity index (χ2v) is 14.0. The summed E-state index contributed by atoms with van der Waals surface area (Å²) in [7, 11) is 1.86. The zero-order chi connectivity index (χ0) is 37.3. The molecular weight excluding hydrogens is 670 g/mol. The number of aromatic nitrogens is 6. The van der Waals surface area contributed by atoms with E-state index < -0.39 is 11.7 Å². The number of hydrogen-bond acceptors (Lipinski definition) is 1. The first-order chi connectivity index (χ1) is 25.3. The third kappa shape index (κ3) is 5.67. The number of alkyl halides is 3. The van der Waals surface area contributed by atoms with E-state index in [1.54, 1.807) is 6.20 Å². The molecule has 0 radical (unpaired) electrons. The maximum absolute atomic E-state index is 14.4. The van der Waals surface area contributed by atoms with Crippen LogP contribution in [0.25, 0.3) is 55.7 Å². The van der Waals surface area contributed by atoms with Crippen LogP contribution in [-0.2, 0) is 13.2 Å². The molecule has 4 aromatic heterocycles. The highest BCUT2D eigenvalue weighted by molar-refractivity contribution is 5.85. The molecular formula is C44H40F3N6+3. The molecule has 0 N–H and O–H groups in total. The number of nitrogens with zero attached hydrogens (tertiary/aromatic N) is 6. The summed E-state index contributed by atoms with van der Waals surface area (Å²) in [5.74, 6) is 0. The summed E-state index contributed by atoms with van der Waals surface area (Å²) in [4.78, 5) is 0. The summed E-state index contributed by atoms with van der Waals surface area (Å²) in [6, 6.07) is 28.9. The van der Waals surface area contributed by atoms with Gasteiger partial charge in [-0.1, -0.05) is 30.3 Å². The summed E-state index contributed by atoms with van der Waals surface area (Å²) in [6.07, 6.45) is 3.33.